The van der Waals surface area contributed by atoms with Crippen molar-refractivity contribution in [2.75, 3.05) is 11.1 Å². The number of pyridine rings is 2. The molecule has 0 saturated heterocycles. The van der Waals surface area contributed by atoms with Crippen LogP contribution in [-0.4, -0.2) is 30.4 Å². The fourth-order valence-corrected chi connectivity index (χ4v) is 4.54. The minimum atomic E-state index is 0.431. The van der Waals surface area contributed by atoms with Crippen LogP contribution in [0.3, 0.4) is 0 Å². The van der Waals surface area contributed by atoms with E-state index in [0.717, 1.165) is 26.8 Å². The molecule has 140 valence electrons. The molecule has 9 heteroatoms. The average Bonchev–Trinajstić information content (AvgIpc) is 3.40. The van der Waals surface area contributed by atoms with Crippen molar-refractivity contribution < 1.29 is 0 Å². The Morgan fingerprint density at radius 3 is 2.79 bits per heavy atom. The first kappa shape index (κ1) is 16.9. The van der Waals surface area contributed by atoms with Crippen LogP contribution in [0.5, 0.6) is 0 Å². The van der Waals surface area contributed by atoms with Crippen molar-refractivity contribution in [2.24, 2.45) is 0 Å². The number of aromatic nitrogens is 6. The molecule has 0 aromatic carbocycles. The molecular weight excluding hydrogens is 372 g/mol. The Kier molecular flexibility index (Phi) is 4.28. The third-order valence-corrected chi connectivity index (χ3v) is 6.03. The number of anilines is 3. The lowest BCUT2D eigenvalue weighted by molar-refractivity contribution is 0.705. The highest BCUT2D eigenvalue weighted by atomic mass is 32.1. The van der Waals surface area contributed by atoms with Gasteiger partial charge in [-0.15, -0.1) is 15.3 Å². The maximum Gasteiger partial charge on any atom is 0.153 e. The van der Waals surface area contributed by atoms with Crippen molar-refractivity contribution in [1.29, 1.82) is 0 Å². The lowest BCUT2D eigenvalue weighted by Gasteiger charge is -2.07. The molecule has 28 heavy (non-hydrogen) atoms. The maximum atomic E-state index is 6.24. The fourth-order valence-electron chi connectivity index (χ4n) is 3.50. The number of nitrogen functional groups attached to an aromatic ring is 1. The van der Waals surface area contributed by atoms with E-state index in [0.29, 0.717) is 23.1 Å². The van der Waals surface area contributed by atoms with Crippen molar-refractivity contribution in [3.05, 3.63) is 41.7 Å². The van der Waals surface area contributed by atoms with Gasteiger partial charge in [-0.1, -0.05) is 24.2 Å². The number of hydrogen-bond donors (Lipinski definition) is 2. The van der Waals surface area contributed by atoms with Crippen LogP contribution in [-0.2, 0) is 0 Å². The van der Waals surface area contributed by atoms with Crippen molar-refractivity contribution >= 4 is 39.7 Å². The summed E-state index contributed by atoms with van der Waals surface area (Å²) in [6, 6.07) is 7.47. The molecule has 0 bridgehead atoms. The van der Waals surface area contributed by atoms with E-state index in [1.807, 2.05) is 24.3 Å². The monoisotopic (exact) mass is 390 g/mol. The molecule has 0 radical (unpaired) electrons. The van der Waals surface area contributed by atoms with E-state index >= 15 is 0 Å². The summed E-state index contributed by atoms with van der Waals surface area (Å²) in [7, 11) is 0. The van der Waals surface area contributed by atoms with E-state index in [9.17, 15) is 0 Å². The predicted molar refractivity (Wildman–Crippen MR) is 109 cm³/mol. The Labute approximate surface area is 165 Å². The average molecular weight is 390 g/mol. The van der Waals surface area contributed by atoms with Crippen LogP contribution in [0.4, 0.5) is 17.3 Å². The molecule has 0 aliphatic heterocycles. The normalized spacial score (nSPS) is 14.6. The molecule has 1 saturated carbocycles. The second-order valence-electron chi connectivity index (χ2n) is 6.84. The topological polar surface area (TPSA) is 115 Å². The number of nitrogens with one attached hydrogen (secondary N) is 1. The SMILES string of the molecule is Nc1nc2cc(Nc3cccnn3)cnc2cc1-c1nnc(C2CCCC2)s1. The quantitative estimate of drug-likeness (QED) is 0.539. The van der Waals surface area contributed by atoms with Gasteiger partial charge in [0.1, 0.15) is 10.8 Å². The zero-order valence-electron chi connectivity index (χ0n) is 15.0. The van der Waals surface area contributed by atoms with Gasteiger partial charge in [-0.3, -0.25) is 4.98 Å². The Balaban J connectivity index is 1.46. The van der Waals surface area contributed by atoms with Gasteiger partial charge in [-0.25, -0.2) is 4.98 Å². The van der Waals surface area contributed by atoms with Crippen LogP contribution in [0.1, 0.15) is 36.6 Å². The Bertz CT molecular complexity index is 1120. The Morgan fingerprint density at radius 1 is 1.07 bits per heavy atom. The maximum absolute atomic E-state index is 6.24. The highest BCUT2D eigenvalue weighted by Gasteiger charge is 2.22. The van der Waals surface area contributed by atoms with Crippen LogP contribution < -0.4 is 11.1 Å². The smallest absolute Gasteiger partial charge is 0.153 e. The largest absolute Gasteiger partial charge is 0.383 e. The first-order valence-electron chi connectivity index (χ1n) is 9.21. The van der Waals surface area contributed by atoms with Gasteiger partial charge in [0, 0.05) is 12.1 Å². The highest BCUT2D eigenvalue weighted by molar-refractivity contribution is 7.14. The van der Waals surface area contributed by atoms with Gasteiger partial charge in [0.05, 0.1) is 28.5 Å². The van der Waals surface area contributed by atoms with Crippen LogP contribution in [0.25, 0.3) is 21.6 Å². The van der Waals surface area contributed by atoms with Crippen molar-refractivity contribution in [3.8, 4) is 10.6 Å². The summed E-state index contributed by atoms with van der Waals surface area (Å²) in [6.45, 7) is 0. The van der Waals surface area contributed by atoms with Gasteiger partial charge < -0.3 is 11.1 Å². The fraction of sp³-hybridized carbons (Fsp3) is 0.263. The summed E-state index contributed by atoms with van der Waals surface area (Å²) < 4.78 is 0. The number of rotatable bonds is 4. The van der Waals surface area contributed by atoms with Crippen LogP contribution in [0.2, 0.25) is 0 Å². The summed E-state index contributed by atoms with van der Waals surface area (Å²) >= 11 is 1.61. The summed E-state index contributed by atoms with van der Waals surface area (Å²) in [5, 5.41) is 21.7. The summed E-state index contributed by atoms with van der Waals surface area (Å²) in [6.07, 6.45) is 8.30. The summed E-state index contributed by atoms with van der Waals surface area (Å²) in [4.78, 5) is 9.06. The van der Waals surface area contributed by atoms with Crippen LogP contribution in [0.15, 0.2) is 36.7 Å². The van der Waals surface area contributed by atoms with E-state index in [1.165, 1.54) is 25.7 Å². The van der Waals surface area contributed by atoms with E-state index in [1.54, 1.807) is 23.7 Å². The molecule has 1 aliphatic carbocycles. The molecule has 4 heterocycles. The minimum Gasteiger partial charge on any atom is -0.383 e. The molecule has 0 unspecified atom stereocenters. The van der Waals surface area contributed by atoms with E-state index in [4.69, 9.17) is 5.73 Å². The second kappa shape index (κ2) is 7.08. The minimum absolute atomic E-state index is 0.431. The molecule has 0 amide bonds. The Hall–Kier alpha value is -3.20. The lowest BCUT2D eigenvalue weighted by Crippen LogP contribution is -1.98. The van der Waals surface area contributed by atoms with Crippen LogP contribution >= 0.6 is 11.3 Å². The standard InChI is InChI=1S/C19H18N8S/c20-17-13(19-27-26-18(28-19)11-4-1-2-5-11)9-14-15(24-17)8-12(10-21-14)23-16-6-3-7-22-25-16/h3,6-11H,1-2,4-5H2,(H2,20,24)(H,23,25). The molecule has 1 fully saturated rings. The molecule has 4 aromatic rings. The third-order valence-electron chi connectivity index (χ3n) is 4.92. The first-order valence-corrected chi connectivity index (χ1v) is 10.0. The number of fused-ring (bicyclic) bond motifs is 1. The number of nitrogens with zero attached hydrogens (tertiary/aromatic N) is 6. The number of nitrogens with two attached hydrogens (primary N) is 1. The van der Waals surface area contributed by atoms with Crippen molar-refractivity contribution in [3.63, 3.8) is 0 Å². The molecule has 1 aliphatic rings. The second-order valence-corrected chi connectivity index (χ2v) is 7.85. The molecule has 3 N–H and O–H groups in total. The van der Waals surface area contributed by atoms with E-state index in [-0.39, 0.29) is 0 Å². The van der Waals surface area contributed by atoms with Gasteiger partial charge in [-0.2, -0.15) is 5.10 Å². The molecular formula is C19H18N8S. The van der Waals surface area contributed by atoms with Crippen LogP contribution in [0, 0.1) is 0 Å². The van der Waals surface area contributed by atoms with E-state index in [2.05, 4.69) is 35.7 Å². The predicted octanol–water partition coefficient (Wildman–Crippen LogP) is 3.92. The van der Waals surface area contributed by atoms with Crippen molar-refractivity contribution in [2.45, 2.75) is 31.6 Å². The van der Waals surface area contributed by atoms with Crippen molar-refractivity contribution in [1.82, 2.24) is 30.4 Å². The van der Waals surface area contributed by atoms with Gasteiger partial charge >= 0.3 is 0 Å². The first-order chi connectivity index (χ1) is 13.8. The van der Waals surface area contributed by atoms with Gasteiger partial charge in [0.2, 0.25) is 0 Å². The molecule has 0 atom stereocenters. The molecule has 4 aromatic heterocycles. The number of hydrogen-bond acceptors (Lipinski definition) is 9. The zero-order valence-corrected chi connectivity index (χ0v) is 15.9. The molecule has 0 spiro atoms. The summed E-state index contributed by atoms with van der Waals surface area (Å²) in [5.41, 5.74) is 9.26. The lowest BCUT2D eigenvalue weighted by atomic mass is 10.1. The van der Waals surface area contributed by atoms with Gasteiger partial charge in [-0.05, 0) is 37.1 Å². The van der Waals surface area contributed by atoms with Gasteiger partial charge in [0.15, 0.2) is 10.8 Å². The Morgan fingerprint density at radius 2 is 1.96 bits per heavy atom. The molecule has 5 rings (SSSR count). The van der Waals surface area contributed by atoms with Gasteiger partial charge in [0.25, 0.3) is 0 Å². The van der Waals surface area contributed by atoms with E-state index < -0.39 is 0 Å². The highest BCUT2D eigenvalue weighted by Crippen LogP contribution is 2.38. The zero-order chi connectivity index (χ0) is 18.9. The third kappa shape index (κ3) is 3.24. The summed E-state index contributed by atoms with van der Waals surface area (Å²) in [5.74, 6) is 1.61. The molecule has 8 nitrogen and oxygen atoms in total.